The highest BCUT2D eigenvalue weighted by molar-refractivity contribution is 5.95. The Kier molecular flexibility index (Phi) is 7.41. The molecule has 1 amide bonds. The van der Waals surface area contributed by atoms with Crippen molar-refractivity contribution in [3.05, 3.63) is 144 Å². The van der Waals surface area contributed by atoms with Crippen LogP contribution >= 0.6 is 0 Å². The van der Waals surface area contributed by atoms with Gasteiger partial charge in [-0.15, -0.1) is 0 Å². The molecule has 0 radical (unpaired) electrons. The van der Waals surface area contributed by atoms with Gasteiger partial charge in [-0.25, -0.2) is 4.79 Å². The Morgan fingerprint density at radius 3 is 1.40 bits per heavy atom. The number of rotatable bonds is 8. The highest BCUT2D eigenvalue weighted by atomic mass is 16.5. The zero-order valence-electron chi connectivity index (χ0n) is 19.9. The fourth-order valence-corrected chi connectivity index (χ4v) is 4.56. The number of carbonyl (C=O) groups excluding carboxylic acids is 2. The van der Waals surface area contributed by atoms with Gasteiger partial charge in [0.2, 0.25) is 5.91 Å². The second-order valence-electron chi connectivity index (χ2n) is 8.63. The van der Waals surface area contributed by atoms with E-state index in [0.717, 1.165) is 22.3 Å². The Balaban J connectivity index is 1.81. The number of hydrogen-bond acceptors (Lipinski definition) is 3. The molecule has 4 heteroatoms. The minimum absolute atomic E-state index is 0.276. The molecule has 4 aromatic rings. The van der Waals surface area contributed by atoms with Gasteiger partial charge < -0.3 is 10.1 Å². The molecule has 0 bridgehead atoms. The van der Waals surface area contributed by atoms with Gasteiger partial charge in [0, 0.05) is 5.92 Å². The normalized spacial score (nSPS) is 12.1. The molecule has 0 aliphatic rings. The van der Waals surface area contributed by atoms with Crippen LogP contribution in [0.25, 0.3) is 0 Å². The molecule has 0 saturated heterocycles. The molecule has 35 heavy (non-hydrogen) atoms. The van der Waals surface area contributed by atoms with Crippen molar-refractivity contribution < 1.29 is 14.3 Å². The van der Waals surface area contributed by atoms with Gasteiger partial charge in [0.1, 0.15) is 6.04 Å². The highest BCUT2D eigenvalue weighted by Crippen LogP contribution is 2.34. The molecule has 4 aromatic carbocycles. The van der Waals surface area contributed by atoms with Crippen molar-refractivity contribution in [1.82, 2.24) is 5.32 Å². The third-order valence-electron chi connectivity index (χ3n) is 6.55. The van der Waals surface area contributed by atoms with E-state index in [4.69, 9.17) is 4.74 Å². The monoisotopic (exact) mass is 463 g/mol. The molecule has 0 spiro atoms. The summed E-state index contributed by atoms with van der Waals surface area (Å²) in [7, 11) is 1.35. The summed E-state index contributed by atoms with van der Waals surface area (Å²) in [6, 6.07) is 37.8. The van der Waals surface area contributed by atoms with Crippen LogP contribution in [0.15, 0.2) is 121 Å². The molecular formula is C31H29NO3. The summed E-state index contributed by atoms with van der Waals surface area (Å²) < 4.78 is 5.21. The maximum atomic E-state index is 14.1. The van der Waals surface area contributed by atoms with Gasteiger partial charge in [-0.1, -0.05) is 121 Å². The first-order chi connectivity index (χ1) is 17.1. The zero-order valence-corrected chi connectivity index (χ0v) is 19.9. The Bertz CT molecular complexity index is 1160. The summed E-state index contributed by atoms with van der Waals surface area (Å²) >= 11 is 0. The van der Waals surface area contributed by atoms with E-state index < -0.39 is 23.3 Å². The van der Waals surface area contributed by atoms with E-state index in [0.29, 0.717) is 0 Å². The molecule has 0 saturated carbocycles. The highest BCUT2D eigenvalue weighted by Gasteiger charge is 2.41. The van der Waals surface area contributed by atoms with Crippen LogP contribution in [0.3, 0.4) is 0 Å². The van der Waals surface area contributed by atoms with Crippen LogP contribution in [0.5, 0.6) is 0 Å². The summed E-state index contributed by atoms with van der Waals surface area (Å²) in [4.78, 5) is 27.3. The maximum absolute atomic E-state index is 14.1. The molecular weight excluding hydrogens is 434 g/mol. The summed E-state index contributed by atoms with van der Waals surface area (Å²) in [6.07, 6.45) is 0. The molecule has 0 fully saturated rings. The fraction of sp³-hybridized carbons (Fsp3) is 0.161. The molecule has 0 aliphatic heterocycles. The molecule has 0 heterocycles. The molecule has 0 aromatic heterocycles. The smallest absolute Gasteiger partial charge is 0.329 e. The van der Waals surface area contributed by atoms with Gasteiger partial charge in [0.05, 0.1) is 12.5 Å². The number of nitrogens with one attached hydrogen (secondary N) is 1. The second kappa shape index (κ2) is 10.8. The minimum atomic E-state index is -1.02. The minimum Gasteiger partial charge on any atom is -0.467 e. The molecule has 4 rings (SSSR count). The Hall–Kier alpha value is -4.18. The van der Waals surface area contributed by atoms with Crippen molar-refractivity contribution in [2.45, 2.75) is 24.3 Å². The standard InChI is InChI=1S/C31H29NO3/c1-31(25-19-11-5-12-20-25,26-21-13-6-14-22-26)30(34)32-28(29(33)35-2)27(23-15-7-3-8-16-23)24-17-9-4-10-18-24/h3-22,27-28H,1-2H3,(H,32,34)/t28-/m1/s1. The first-order valence-corrected chi connectivity index (χ1v) is 11.7. The number of amides is 1. The van der Waals surface area contributed by atoms with Gasteiger partial charge in [-0.05, 0) is 29.2 Å². The lowest BCUT2D eigenvalue weighted by molar-refractivity contribution is -0.146. The first-order valence-electron chi connectivity index (χ1n) is 11.7. The van der Waals surface area contributed by atoms with E-state index >= 15 is 0 Å². The van der Waals surface area contributed by atoms with Gasteiger partial charge in [-0.3, -0.25) is 4.79 Å². The summed E-state index contributed by atoms with van der Waals surface area (Å²) in [6.45, 7) is 1.89. The number of ether oxygens (including phenoxy) is 1. The quantitative estimate of drug-likeness (QED) is 0.352. The largest absolute Gasteiger partial charge is 0.467 e. The van der Waals surface area contributed by atoms with E-state index in [1.54, 1.807) is 0 Å². The van der Waals surface area contributed by atoms with Crippen LogP contribution in [-0.2, 0) is 19.7 Å². The van der Waals surface area contributed by atoms with Gasteiger partial charge in [-0.2, -0.15) is 0 Å². The van der Waals surface area contributed by atoms with Crippen molar-refractivity contribution in [1.29, 1.82) is 0 Å². The number of hydrogen-bond donors (Lipinski definition) is 1. The zero-order chi connectivity index (χ0) is 24.7. The van der Waals surface area contributed by atoms with Crippen molar-refractivity contribution in [2.75, 3.05) is 7.11 Å². The summed E-state index contributed by atoms with van der Waals surface area (Å²) in [5.41, 5.74) is 2.48. The first kappa shape index (κ1) is 24.0. The van der Waals surface area contributed by atoms with Crippen molar-refractivity contribution in [3.8, 4) is 0 Å². The van der Waals surface area contributed by atoms with E-state index in [9.17, 15) is 9.59 Å². The Morgan fingerprint density at radius 1 is 0.657 bits per heavy atom. The maximum Gasteiger partial charge on any atom is 0.329 e. The van der Waals surface area contributed by atoms with Gasteiger partial charge in [0.25, 0.3) is 0 Å². The van der Waals surface area contributed by atoms with Crippen molar-refractivity contribution in [2.24, 2.45) is 0 Å². The van der Waals surface area contributed by atoms with E-state index in [1.807, 2.05) is 128 Å². The van der Waals surface area contributed by atoms with Crippen LogP contribution < -0.4 is 5.32 Å². The topological polar surface area (TPSA) is 55.4 Å². The number of esters is 1. The molecule has 176 valence electrons. The number of benzene rings is 4. The average Bonchev–Trinajstić information content (AvgIpc) is 2.93. The lowest BCUT2D eigenvalue weighted by Gasteiger charge is -2.34. The van der Waals surface area contributed by atoms with Crippen LogP contribution in [-0.4, -0.2) is 25.0 Å². The molecule has 0 aliphatic carbocycles. The van der Waals surface area contributed by atoms with E-state index in [-0.39, 0.29) is 5.91 Å². The van der Waals surface area contributed by atoms with Crippen molar-refractivity contribution in [3.63, 3.8) is 0 Å². The lowest BCUT2D eigenvalue weighted by Crippen LogP contribution is -2.52. The van der Waals surface area contributed by atoms with E-state index in [1.165, 1.54) is 7.11 Å². The summed E-state index contributed by atoms with van der Waals surface area (Å²) in [5, 5.41) is 3.09. The SMILES string of the molecule is COC(=O)[C@H](NC(=O)C(C)(c1ccccc1)c1ccccc1)C(c1ccccc1)c1ccccc1. The Morgan fingerprint density at radius 2 is 1.03 bits per heavy atom. The number of carbonyl (C=O) groups is 2. The number of methoxy groups -OCH3 is 1. The van der Waals surface area contributed by atoms with E-state index in [2.05, 4.69) is 5.32 Å². The van der Waals surface area contributed by atoms with Crippen LogP contribution in [0.1, 0.15) is 35.1 Å². The van der Waals surface area contributed by atoms with Crippen LogP contribution in [0.4, 0.5) is 0 Å². The lowest BCUT2D eigenvalue weighted by atomic mass is 9.74. The van der Waals surface area contributed by atoms with Crippen LogP contribution in [0, 0.1) is 0 Å². The third-order valence-corrected chi connectivity index (χ3v) is 6.55. The van der Waals surface area contributed by atoms with Gasteiger partial charge in [0.15, 0.2) is 0 Å². The predicted molar refractivity (Wildman–Crippen MR) is 138 cm³/mol. The molecule has 1 N–H and O–H groups in total. The van der Waals surface area contributed by atoms with Gasteiger partial charge >= 0.3 is 5.97 Å². The van der Waals surface area contributed by atoms with Crippen molar-refractivity contribution >= 4 is 11.9 Å². The molecule has 0 unspecified atom stereocenters. The predicted octanol–water partition coefficient (Wildman–Crippen LogP) is 5.48. The second-order valence-corrected chi connectivity index (χ2v) is 8.63. The molecule has 4 nitrogen and oxygen atoms in total. The Labute approximate surface area is 206 Å². The average molecular weight is 464 g/mol. The van der Waals surface area contributed by atoms with Crippen LogP contribution in [0.2, 0.25) is 0 Å². The summed E-state index contributed by atoms with van der Waals surface area (Å²) in [5.74, 6) is -1.20. The fourth-order valence-electron chi connectivity index (χ4n) is 4.56. The third kappa shape index (κ3) is 5.02. The molecule has 1 atom stereocenters.